The molecule has 0 unspecified atom stereocenters. The first-order valence-electron chi connectivity index (χ1n) is 5.86. The summed E-state index contributed by atoms with van der Waals surface area (Å²) in [4.78, 5) is 11.7. The molecule has 4 nitrogen and oxygen atoms in total. The van der Waals surface area contributed by atoms with E-state index in [0.717, 1.165) is 17.3 Å². The topological polar surface area (TPSA) is 58.6 Å². The van der Waals surface area contributed by atoms with Gasteiger partial charge in [0.05, 0.1) is 12.2 Å². The number of hydrogen-bond acceptors (Lipinski definition) is 3. The van der Waals surface area contributed by atoms with Gasteiger partial charge >= 0.3 is 0 Å². The van der Waals surface area contributed by atoms with Crippen molar-refractivity contribution in [3.8, 4) is 5.75 Å². The maximum absolute atomic E-state index is 11.7. The van der Waals surface area contributed by atoms with Gasteiger partial charge in [0.2, 0.25) is 0 Å². The molecule has 1 amide bonds. The van der Waals surface area contributed by atoms with E-state index in [1.807, 2.05) is 6.92 Å². The molecule has 1 rings (SSSR count). The lowest BCUT2D eigenvalue weighted by atomic mass is 10.1. The standard InChI is InChI=1S/C13H18BrNO3/c1-10-3-4-11(12(16)9-10)13(17)15-6-2-7-18-8-5-14/h3-4,9,16H,2,5-8H2,1H3,(H,15,17). The van der Waals surface area contributed by atoms with E-state index in [9.17, 15) is 9.90 Å². The molecule has 1 aromatic carbocycles. The summed E-state index contributed by atoms with van der Waals surface area (Å²) in [6.07, 6.45) is 0.755. The first-order chi connectivity index (χ1) is 8.65. The summed E-state index contributed by atoms with van der Waals surface area (Å²) in [5.74, 6) is -0.240. The van der Waals surface area contributed by atoms with Crippen LogP contribution in [0.5, 0.6) is 5.75 Å². The third-order valence-electron chi connectivity index (χ3n) is 2.37. The minimum atomic E-state index is -0.256. The predicted molar refractivity (Wildman–Crippen MR) is 74.4 cm³/mol. The monoisotopic (exact) mass is 315 g/mol. The molecule has 1 aromatic rings. The van der Waals surface area contributed by atoms with Crippen LogP contribution in [0.15, 0.2) is 18.2 Å². The van der Waals surface area contributed by atoms with Gasteiger partial charge in [0.1, 0.15) is 5.75 Å². The van der Waals surface area contributed by atoms with Crippen molar-refractivity contribution in [3.63, 3.8) is 0 Å². The van der Waals surface area contributed by atoms with Crippen molar-refractivity contribution in [2.24, 2.45) is 0 Å². The number of amides is 1. The summed E-state index contributed by atoms with van der Waals surface area (Å²) in [6, 6.07) is 5.00. The molecule has 0 saturated carbocycles. The van der Waals surface area contributed by atoms with Crippen LogP contribution in [0.25, 0.3) is 0 Å². The molecular weight excluding hydrogens is 298 g/mol. The highest BCUT2D eigenvalue weighted by atomic mass is 79.9. The first kappa shape index (κ1) is 15.0. The van der Waals surface area contributed by atoms with Gasteiger partial charge in [0.25, 0.3) is 5.91 Å². The van der Waals surface area contributed by atoms with Crippen LogP contribution in [0.3, 0.4) is 0 Å². The van der Waals surface area contributed by atoms with E-state index >= 15 is 0 Å². The van der Waals surface area contributed by atoms with Gasteiger partial charge in [-0.25, -0.2) is 0 Å². The Bertz CT molecular complexity index is 396. The number of aromatic hydroxyl groups is 1. The Morgan fingerprint density at radius 2 is 2.22 bits per heavy atom. The van der Waals surface area contributed by atoms with Crippen molar-refractivity contribution in [2.45, 2.75) is 13.3 Å². The zero-order chi connectivity index (χ0) is 13.4. The normalized spacial score (nSPS) is 10.3. The number of nitrogens with one attached hydrogen (secondary N) is 1. The molecule has 0 aliphatic rings. The van der Waals surface area contributed by atoms with Crippen LogP contribution in [0.1, 0.15) is 22.3 Å². The number of rotatable bonds is 7. The minimum Gasteiger partial charge on any atom is -0.507 e. The molecule has 0 atom stereocenters. The highest BCUT2D eigenvalue weighted by Crippen LogP contribution is 2.17. The van der Waals surface area contributed by atoms with Gasteiger partial charge < -0.3 is 15.2 Å². The SMILES string of the molecule is Cc1ccc(C(=O)NCCCOCCBr)c(O)c1. The molecule has 0 spiro atoms. The van der Waals surface area contributed by atoms with E-state index < -0.39 is 0 Å². The van der Waals surface area contributed by atoms with Crippen molar-refractivity contribution in [1.82, 2.24) is 5.32 Å². The van der Waals surface area contributed by atoms with Crippen molar-refractivity contribution in [1.29, 1.82) is 0 Å². The molecule has 5 heteroatoms. The Balaban J connectivity index is 2.32. The maximum Gasteiger partial charge on any atom is 0.255 e. The zero-order valence-electron chi connectivity index (χ0n) is 10.4. The second kappa shape index (κ2) is 8.11. The summed E-state index contributed by atoms with van der Waals surface area (Å²) in [5, 5.41) is 13.2. The number of phenolic OH excluding ortho intramolecular Hbond substituents is 1. The van der Waals surface area contributed by atoms with Crippen LogP contribution in [0, 0.1) is 6.92 Å². The first-order valence-corrected chi connectivity index (χ1v) is 6.99. The van der Waals surface area contributed by atoms with Gasteiger partial charge in [0.15, 0.2) is 0 Å². The highest BCUT2D eigenvalue weighted by molar-refractivity contribution is 9.09. The lowest BCUT2D eigenvalue weighted by Crippen LogP contribution is -2.25. The number of hydrogen-bond donors (Lipinski definition) is 2. The highest BCUT2D eigenvalue weighted by Gasteiger charge is 2.09. The number of benzene rings is 1. The fourth-order valence-electron chi connectivity index (χ4n) is 1.46. The maximum atomic E-state index is 11.7. The lowest BCUT2D eigenvalue weighted by molar-refractivity contribution is 0.0942. The van der Waals surface area contributed by atoms with Gasteiger partial charge in [-0.15, -0.1) is 0 Å². The number of halogens is 1. The number of aryl methyl sites for hydroxylation is 1. The Morgan fingerprint density at radius 1 is 1.44 bits per heavy atom. The molecule has 0 fully saturated rings. The third kappa shape index (κ3) is 5.06. The predicted octanol–water partition coefficient (Wildman–Crippen LogP) is 2.23. The van der Waals surface area contributed by atoms with Crippen LogP contribution in [-0.2, 0) is 4.74 Å². The quantitative estimate of drug-likeness (QED) is 0.599. The molecule has 0 radical (unpaired) electrons. The van der Waals surface area contributed by atoms with E-state index in [1.165, 1.54) is 0 Å². The van der Waals surface area contributed by atoms with Crippen molar-refractivity contribution < 1.29 is 14.6 Å². The summed E-state index contributed by atoms with van der Waals surface area (Å²) >= 11 is 3.26. The van der Waals surface area contributed by atoms with E-state index in [0.29, 0.717) is 25.3 Å². The Labute approximate surface area is 115 Å². The van der Waals surface area contributed by atoms with Crippen LogP contribution in [0.4, 0.5) is 0 Å². The van der Waals surface area contributed by atoms with Crippen molar-refractivity contribution >= 4 is 21.8 Å². The number of carbonyl (C=O) groups excluding carboxylic acids is 1. The van der Waals surface area contributed by atoms with E-state index in [1.54, 1.807) is 18.2 Å². The zero-order valence-corrected chi connectivity index (χ0v) is 12.0. The van der Waals surface area contributed by atoms with Crippen LogP contribution >= 0.6 is 15.9 Å². The number of carbonyl (C=O) groups is 1. The summed E-state index contributed by atoms with van der Waals surface area (Å²) in [6.45, 7) is 3.69. The molecule has 0 aromatic heterocycles. The summed E-state index contributed by atoms with van der Waals surface area (Å²) < 4.78 is 5.26. The van der Waals surface area contributed by atoms with E-state index in [2.05, 4.69) is 21.2 Å². The molecule has 18 heavy (non-hydrogen) atoms. The second-order valence-corrected chi connectivity index (χ2v) is 4.72. The van der Waals surface area contributed by atoms with Gasteiger partial charge in [-0.3, -0.25) is 4.79 Å². The number of phenols is 1. The average Bonchev–Trinajstić information content (AvgIpc) is 2.33. The van der Waals surface area contributed by atoms with Crippen LogP contribution < -0.4 is 5.32 Å². The van der Waals surface area contributed by atoms with Gasteiger partial charge in [-0.05, 0) is 31.0 Å². The molecule has 0 aliphatic heterocycles. The largest absolute Gasteiger partial charge is 0.507 e. The fourth-order valence-corrected chi connectivity index (χ4v) is 1.69. The third-order valence-corrected chi connectivity index (χ3v) is 2.69. The molecule has 0 saturated heterocycles. The van der Waals surface area contributed by atoms with Crippen LogP contribution in [0.2, 0.25) is 0 Å². The average molecular weight is 316 g/mol. The molecular formula is C13H18BrNO3. The molecule has 2 N–H and O–H groups in total. The Morgan fingerprint density at radius 3 is 2.89 bits per heavy atom. The number of alkyl halides is 1. The van der Waals surface area contributed by atoms with Gasteiger partial charge in [-0.2, -0.15) is 0 Å². The minimum absolute atomic E-state index is 0.0167. The molecule has 0 aliphatic carbocycles. The molecule has 100 valence electrons. The van der Waals surface area contributed by atoms with E-state index in [4.69, 9.17) is 4.74 Å². The van der Waals surface area contributed by atoms with Crippen molar-refractivity contribution in [2.75, 3.05) is 25.1 Å². The van der Waals surface area contributed by atoms with Crippen molar-refractivity contribution in [3.05, 3.63) is 29.3 Å². The fraction of sp³-hybridized carbons (Fsp3) is 0.462. The molecule has 0 bridgehead atoms. The second-order valence-electron chi connectivity index (χ2n) is 3.93. The number of ether oxygens (including phenoxy) is 1. The lowest BCUT2D eigenvalue weighted by Gasteiger charge is -2.07. The summed E-state index contributed by atoms with van der Waals surface area (Å²) in [7, 11) is 0. The smallest absolute Gasteiger partial charge is 0.255 e. The Kier molecular flexibility index (Phi) is 6.75. The summed E-state index contributed by atoms with van der Waals surface area (Å²) in [5.41, 5.74) is 1.23. The van der Waals surface area contributed by atoms with E-state index in [-0.39, 0.29) is 11.7 Å². The van der Waals surface area contributed by atoms with Gasteiger partial charge in [0, 0.05) is 18.5 Å². The van der Waals surface area contributed by atoms with Gasteiger partial charge in [-0.1, -0.05) is 22.0 Å². The molecule has 0 heterocycles. The Hall–Kier alpha value is -1.07. The van der Waals surface area contributed by atoms with Crippen LogP contribution in [-0.4, -0.2) is 36.1 Å².